The summed E-state index contributed by atoms with van der Waals surface area (Å²) in [6, 6.07) is 7.32. The van der Waals surface area contributed by atoms with Crippen LogP contribution in [0, 0.1) is 0 Å². The number of methoxy groups -OCH3 is 1. The van der Waals surface area contributed by atoms with E-state index in [1.807, 2.05) is 31.2 Å². The van der Waals surface area contributed by atoms with Gasteiger partial charge < -0.3 is 9.47 Å². The molecule has 1 atom stereocenters. The lowest BCUT2D eigenvalue weighted by molar-refractivity contribution is -0.137. The summed E-state index contributed by atoms with van der Waals surface area (Å²) < 4.78 is 10.1. The predicted molar refractivity (Wildman–Crippen MR) is 67.6 cm³/mol. The molecule has 1 aromatic rings. The molecule has 6 nitrogen and oxygen atoms in total. The third-order valence-corrected chi connectivity index (χ3v) is 2.42. The van der Waals surface area contributed by atoms with Gasteiger partial charge in [-0.2, -0.15) is 0 Å². The van der Waals surface area contributed by atoms with Crippen LogP contribution in [0.25, 0.3) is 0 Å². The molecular weight excluding hydrogens is 234 g/mol. The zero-order valence-corrected chi connectivity index (χ0v) is 10.3. The van der Waals surface area contributed by atoms with E-state index in [1.54, 1.807) is 7.11 Å². The number of hydrazine groups is 1. The van der Waals surface area contributed by atoms with Crippen LogP contribution in [0.15, 0.2) is 29.3 Å². The number of ether oxygens (including phenoxy) is 2. The van der Waals surface area contributed by atoms with Gasteiger partial charge in [-0.1, -0.05) is 12.1 Å². The number of aliphatic imine (C=N–C) groups is 1. The lowest BCUT2D eigenvalue weighted by atomic mass is 10.3. The maximum atomic E-state index is 11.4. The van der Waals surface area contributed by atoms with Crippen molar-refractivity contribution in [3.05, 3.63) is 24.3 Å². The van der Waals surface area contributed by atoms with Gasteiger partial charge in [-0.05, 0) is 19.1 Å². The van der Waals surface area contributed by atoms with E-state index in [1.165, 1.54) is 0 Å². The minimum Gasteiger partial charge on any atom is -0.495 e. The Morgan fingerprint density at radius 1 is 1.39 bits per heavy atom. The van der Waals surface area contributed by atoms with Crippen molar-refractivity contribution in [2.45, 2.75) is 13.0 Å². The second kappa shape index (κ2) is 5.39. The minimum atomic E-state index is -0.463. The first-order valence-corrected chi connectivity index (χ1v) is 5.60. The maximum absolute atomic E-state index is 11.4. The van der Waals surface area contributed by atoms with Crippen LogP contribution in [0.4, 0.5) is 5.69 Å². The van der Waals surface area contributed by atoms with Crippen molar-refractivity contribution in [3.8, 4) is 5.75 Å². The predicted octanol–water partition coefficient (Wildman–Crippen LogP) is 0.955. The second-order valence-corrected chi connectivity index (χ2v) is 3.88. The van der Waals surface area contributed by atoms with E-state index in [2.05, 4.69) is 15.8 Å². The molecule has 0 saturated carbocycles. The van der Waals surface area contributed by atoms with Gasteiger partial charge in [0.2, 0.25) is 5.84 Å². The number of hydrogen-bond acceptors (Lipinski definition) is 6. The first kappa shape index (κ1) is 12.2. The molecule has 0 radical (unpaired) electrons. The first-order chi connectivity index (χ1) is 8.70. The smallest absolute Gasteiger partial charge is 0.375 e. The lowest BCUT2D eigenvalue weighted by Crippen LogP contribution is -2.41. The Balaban J connectivity index is 2.05. The topological polar surface area (TPSA) is 71.9 Å². The number of esters is 1. The normalized spacial score (nSPS) is 18.7. The van der Waals surface area contributed by atoms with Crippen LogP contribution in [0.1, 0.15) is 6.92 Å². The molecule has 1 heterocycles. The monoisotopic (exact) mass is 249 g/mol. The number of hydrogen-bond donors (Lipinski definition) is 2. The number of nitrogens with one attached hydrogen (secondary N) is 2. The molecule has 2 N–H and O–H groups in total. The number of rotatable bonds is 3. The van der Waals surface area contributed by atoms with Gasteiger partial charge >= 0.3 is 5.97 Å². The van der Waals surface area contributed by atoms with E-state index in [0.29, 0.717) is 18.0 Å². The van der Waals surface area contributed by atoms with Crippen molar-refractivity contribution in [1.29, 1.82) is 0 Å². The number of carbonyl (C=O) groups excluding carboxylic acids is 1. The van der Waals surface area contributed by atoms with Crippen LogP contribution in [0.5, 0.6) is 5.75 Å². The molecule has 6 heteroatoms. The maximum Gasteiger partial charge on any atom is 0.375 e. The van der Waals surface area contributed by atoms with Crippen molar-refractivity contribution in [1.82, 2.24) is 5.43 Å². The van der Waals surface area contributed by atoms with E-state index >= 15 is 0 Å². The fourth-order valence-corrected chi connectivity index (χ4v) is 1.53. The molecule has 2 rings (SSSR count). The van der Waals surface area contributed by atoms with Gasteiger partial charge in [-0.15, -0.1) is 0 Å². The highest BCUT2D eigenvalue weighted by Gasteiger charge is 2.20. The fraction of sp³-hybridized carbons (Fsp3) is 0.333. The Morgan fingerprint density at radius 3 is 2.94 bits per heavy atom. The number of anilines is 1. The summed E-state index contributed by atoms with van der Waals surface area (Å²) in [4.78, 5) is 15.6. The van der Waals surface area contributed by atoms with Gasteiger partial charge in [0.1, 0.15) is 12.4 Å². The highest BCUT2D eigenvalue weighted by molar-refractivity contribution is 6.35. The molecule has 1 aromatic carbocycles. The molecule has 0 saturated heterocycles. The van der Waals surface area contributed by atoms with Gasteiger partial charge in [-0.25, -0.2) is 4.79 Å². The first-order valence-electron chi connectivity index (χ1n) is 5.60. The van der Waals surface area contributed by atoms with Crippen LogP contribution < -0.4 is 15.6 Å². The van der Waals surface area contributed by atoms with E-state index in [9.17, 15) is 4.79 Å². The number of carbonyl (C=O) groups is 1. The van der Waals surface area contributed by atoms with E-state index in [-0.39, 0.29) is 11.9 Å². The SMILES string of the molecule is COc1ccccc1NNC1=N[C@@H](C)COC1=O. The molecule has 18 heavy (non-hydrogen) atoms. The molecule has 0 unspecified atom stereocenters. The average molecular weight is 249 g/mol. The molecule has 0 fully saturated rings. The summed E-state index contributed by atoms with van der Waals surface area (Å²) in [6.07, 6.45) is 0. The highest BCUT2D eigenvalue weighted by Crippen LogP contribution is 2.21. The molecule has 96 valence electrons. The Bertz CT molecular complexity index is 473. The average Bonchev–Trinajstić information content (AvgIpc) is 2.40. The van der Waals surface area contributed by atoms with Gasteiger partial charge in [0.25, 0.3) is 0 Å². The number of nitrogens with zero attached hydrogens (tertiary/aromatic N) is 1. The summed E-state index contributed by atoms with van der Waals surface area (Å²) in [7, 11) is 1.58. The van der Waals surface area contributed by atoms with Gasteiger partial charge in [0, 0.05) is 0 Å². The minimum absolute atomic E-state index is 0.0373. The number of amidine groups is 1. The molecule has 1 aliphatic heterocycles. The van der Waals surface area contributed by atoms with Crippen LogP contribution in [-0.2, 0) is 9.53 Å². The van der Waals surface area contributed by atoms with Gasteiger partial charge in [0.15, 0.2) is 0 Å². The lowest BCUT2D eigenvalue weighted by Gasteiger charge is -2.19. The third-order valence-electron chi connectivity index (χ3n) is 2.42. The molecule has 0 amide bonds. The van der Waals surface area contributed by atoms with E-state index in [0.717, 1.165) is 0 Å². The van der Waals surface area contributed by atoms with Crippen molar-refractivity contribution in [2.75, 3.05) is 19.1 Å². The molecule has 0 aliphatic carbocycles. The Labute approximate surface area is 105 Å². The Hall–Kier alpha value is -2.24. The molecule has 0 bridgehead atoms. The summed E-state index contributed by atoms with van der Waals surface area (Å²) in [5.74, 6) is 0.373. The van der Waals surface area contributed by atoms with Crippen molar-refractivity contribution >= 4 is 17.5 Å². The summed E-state index contributed by atoms with van der Waals surface area (Å²) in [6.45, 7) is 2.19. The molecule has 0 spiro atoms. The van der Waals surface area contributed by atoms with E-state index in [4.69, 9.17) is 9.47 Å². The van der Waals surface area contributed by atoms with Gasteiger partial charge in [-0.3, -0.25) is 15.8 Å². The van der Waals surface area contributed by atoms with Crippen molar-refractivity contribution < 1.29 is 14.3 Å². The van der Waals surface area contributed by atoms with Crippen LogP contribution in [-0.4, -0.2) is 31.6 Å². The summed E-state index contributed by atoms with van der Waals surface area (Å²) in [5, 5.41) is 0. The third kappa shape index (κ3) is 2.71. The van der Waals surface area contributed by atoms with Crippen molar-refractivity contribution in [2.24, 2.45) is 4.99 Å². The van der Waals surface area contributed by atoms with Gasteiger partial charge in [0.05, 0.1) is 18.8 Å². The summed E-state index contributed by atoms with van der Waals surface area (Å²) >= 11 is 0. The van der Waals surface area contributed by atoms with Crippen LogP contribution in [0.2, 0.25) is 0 Å². The van der Waals surface area contributed by atoms with Crippen LogP contribution >= 0.6 is 0 Å². The molecule has 1 aliphatic rings. The van der Waals surface area contributed by atoms with Crippen molar-refractivity contribution in [3.63, 3.8) is 0 Å². The highest BCUT2D eigenvalue weighted by atomic mass is 16.5. The standard InChI is InChI=1S/C12H15N3O3/c1-8-7-18-12(16)11(13-8)15-14-9-5-3-4-6-10(9)17-2/h3-6,8,14H,7H2,1-2H3,(H,13,15)/t8-/m0/s1. The van der Waals surface area contributed by atoms with E-state index < -0.39 is 5.97 Å². The second-order valence-electron chi connectivity index (χ2n) is 3.88. The largest absolute Gasteiger partial charge is 0.495 e. The fourth-order valence-electron chi connectivity index (χ4n) is 1.53. The summed E-state index contributed by atoms with van der Waals surface area (Å²) in [5.41, 5.74) is 6.33. The molecule has 0 aromatic heterocycles. The zero-order chi connectivity index (χ0) is 13.0. The zero-order valence-electron chi connectivity index (χ0n) is 10.3. The Morgan fingerprint density at radius 2 is 2.17 bits per heavy atom. The Kier molecular flexibility index (Phi) is 3.66. The number of para-hydroxylation sites is 2. The molecular formula is C12H15N3O3. The quantitative estimate of drug-likeness (QED) is 0.616. The number of benzene rings is 1. The van der Waals surface area contributed by atoms with Crippen LogP contribution in [0.3, 0.4) is 0 Å². The number of cyclic esters (lactones) is 1.